The molecule has 1 aromatic carbocycles. The van der Waals surface area contributed by atoms with Gasteiger partial charge in [-0.2, -0.15) is 0 Å². The lowest BCUT2D eigenvalue weighted by molar-refractivity contribution is 0.0343. The molecule has 5 nitrogen and oxygen atoms in total. The van der Waals surface area contributed by atoms with E-state index in [1.54, 1.807) is 14.2 Å². The van der Waals surface area contributed by atoms with Crippen molar-refractivity contribution in [2.24, 2.45) is 5.92 Å². The Balaban J connectivity index is 2.07. The van der Waals surface area contributed by atoms with Gasteiger partial charge < -0.3 is 19.1 Å². The van der Waals surface area contributed by atoms with Gasteiger partial charge in [-0.1, -0.05) is 26.0 Å². The molecule has 0 unspecified atom stereocenters. The van der Waals surface area contributed by atoms with Crippen LogP contribution in [-0.2, 0) is 17.8 Å². The SMILES string of the molecule is COC[C@H](O)CN(CCC(C)C)Cc1cccn1Cc1cccc(OC)c1. The molecule has 0 saturated heterocycles. The zero-order chi connectivity index (χ0) is 19.6. The summed E-state index contributed by atoms with van der Waals surface area (Å²) in [6.45, 7) is 8.02. The van der Waals surface area contributed by atoms with Crippen LogP contribution in [0.25, 0.3) is 0 Å². The summed E-state index contributed by atoms with van der Waals surface area (Å²) >= 11 is 0. The van der Waals surface area contributed by atoms with Crippen LogP contribution >= 0.6 is 0 Å². The van der Waals surface area contributed by atoms with Crippen molar-refractivity contribution in [3.05, 3.63) is 53.9 Å². The lowest BCUT2D eigenvalue weighted by atomic mass is 10.1. The Morgan fingerprint density at radius 1 is 1.15 bits per heavy atom. The first kappa shape index (κ1) is 21.5. The van der Waals surface area contributed by atoms with E-state index in [0.29, 0.717) is 19.1 Å². The first-order valence-electron chi connectivity index (χ1n) is 9.68. The molecule has 0 aliphatic heterocycles. The highest BCUT2D eigenvalue weighted by Gasteiger charge is 2.15. The average molecular weight is 375 g/mol. The van der Waals surface area contributed by atoms with Gasteiger partial charge in [0.05, 0.1) is 19.8 Å². The largest absolute Gasteiger partial charge is 0.497 e. The molecule has 5 heteroatoms. The number of benzene rings is 1. The smallest absolute Gasteiger partial charge is 0.119 e. The molecule has 1 N–H and O–H groups in total. The Bertz CT molecular complexity index is 669. The molecule has 27 heavy (non-hydrogen) atoms. The highest BCUT2D eigenvalue weighted by Crippen LogP contribution is 2.16. The topological polar surface area (TPSA) is 46.9 Å². The number of methoxy groups -OCH3 is 2. The van der Waals surface area contributed by atoms with Crippen LogP contribution in [0, 0.1) is 5.92 Å². The van der Waals surface area contributed by atoms with Crippen molar-refractivity contribution in [2.75, 3.05) is 33.9 Å². The third-order valence-corrected chi connectivity index (χ3v) is 4.65. The Kier molecular flexibility index (Phi) is 8.85. The fraction of sp³-hybridized carbons (Fsp3) is 0.545. The number of hydrogen-bond acceptors (Lipinski definition) is 4. The fourth-order valence-electron chi connectivity index (χ4n) is 3.16. The van der Waals surface area contributed by atoms with E-state index in [0.717, 1.165) is 31.8 Å². The second-order valence-electron chi connectivity index (χ2n) is 7.51. The van der Waals surface area contributed by atoms with Crippen LogP contribution in [0.2, 0.25) is 0 Å². The average Bonchev–Trinajstić information content (AvgIpc) is 3.06. The molecule has 2 rings (SSSR count). The molecule has 0 fully saturated rings. The number of aromatic nitrogens is 1. The van der Waals surface area contributed by atoms with E-state index in [-0.39, 0.29) is 0 Å². The van der Waals surface area contributed by atoms with Gasteiger partial charge >= 0.3 is 0 Å². The number of ether oxygens (including phenoxy) is 2. The summed E-state index contributed by atoms with van der Waals surface area (Å²) in [5, 5.41) is 10.2. The standard InChI is InChI=1S/C22H34N2O3/c1-18(2)10-12-23(16-21(25)17-26-3)15-20-8-6-11-24(20)14-19-7-5-9-22(13-19)27-4/h5-9,11,13,18,21,25H,10,12,14-17H2,1-4H3/t21-/m1/s1. The Labute approximate surface area is 163 Å². The van der Waals surface area contributed by atoms with Gasteiger partial charge in [0.2, 0.25) is 0 Å². The first-order chi connectivity index (χ1) is 13.0. The Morgan fingerprint density at radius 2 is 1.96 bits per heavy atom. The number of hydrogen-bond donors (Lipinski definition) is 1. The van der Waals surface area contributed by atoms with Crippen molar-refractivity contribution in [1.82, 2.24) is 9.47 Å². The molecule has 0 bridgehead atoms. The Morgan fingerprint density at radius 3 is 2.67 bits per heavy atom. The van der Waals surface area contributed by atoms with Crippen LogP contribution in [0.5, 0.6) is 5.75 Å². The lowest BCUT2D eigenvalue weighted by Crippen LogP contribution is -2.36. The maximum Gasteiger partial charge on any atom is 0.119 e. The first-order valence-corrected chi connectivity index (χ1v) is 9.68. The van der Waals surface area contributed by atoms with Crippen LogP contribution < -0.4 is 4.74 Å². The molecule has 1 heterocycles. The molecule has 1 atom stereocenters. The van der Waals surface area contributed by atoms with Crippen molar-refractivity contribution in [3.8, 4) is 5.75 Å². The van der Waals surface area contributed by atoms with E-state index < -0.39 is 6.10 Å². The van der Waals surface area contributed by atoms with E-state index in [2.05, 4.69) is 53.8 Å². The van der Waals surface area contributed by atoms with Gasteiger partial charge in [-0.05, 0) is 48.7 Å². The maximum absolute atomic E-state index is 10.2. The third kappa shape index (κ3) is 7.37. The number of aliphatic hydroxyl groups excluding tert-OH is 1. The van der Waals surface area contributed by atoms with Crippen molar-refractivity contribution < 1.29 is 14.6 Å². The van der Waals surface area contributed by atoms with Gasteiger partial charge in [0.25, 0.3) is 0 Å². The molecule has 0 saturated carbocycles. The van der Waals surface area contributed by atoms with Gasteiger partial charge in [0.15, 0.2) is 0 Å². The Hall–Kier alpha value is -1.82. The molecule has 0 radical (unpaired) electrons. The molecule has 0 aliphatic carbocycles. The summed E-state index contributed by atoms with van der Waals surface area (Å²) in [6, 6.07) is 12.4. The zero-order valence-electron chi connectivity index (χ0n) is 17.1. The van der Waals surface area contributed by atoms with Gasteiger partial charge in [0.1, 0.15) is 5.75 Å². The van der Waals surface area contributed by atoms with Gasteiger partial charge in [-0.15, -0.1) is 0 Å². The van der Waals surface area contributed by atoms with Gasteiger partial charge in [-0.25, -0.2) is 0 Å². The van der Waals surface area contributed by atoms with Crippen LogP contribution in [-0.4, -0.2) is 54.6 Å². The van der Waals surface area contributed by atoms with Crippen LogP contribution in [0.15, 0.2) is 42.6 Å². The fourth-order valence-corrected chi connectivity index (χ4v) is 3.16. The second-order valence-corrected chi connectivity index (χ2v) is 7.51. The summed E-state index contributed by atoms with van der Waals surface area (Å²) < 4.78 is 12.7. The molecule has 1 aromatic heterocycles. The minimum Gasteiger partial charge on any atom is -0.497 e. The normalized spacial score (nSPS) is 12.7. The summed E-state index contributed by atoms with van der Waals surface area (Å²) in [4.78, 5) is 2.32. The van der Waals surface area contributed by atoms with E-state index in [1.165, 1.54) is 11.3 Å². The quantitative estimate of drug-likeness (QED) is 0.619. The van der Waals surface area contributed by atoms with Crippen LogP contribution in [0.3, 0.4) is 0 Å². The van der Waals surface area contributed by atoms with Crippen LogP contribution in [0.4, 0.5) is 0 Å². The van der Waals surface area contributed by atoms with Crippen molar-refractivity contribution in [2.45, 2.75) is 39.5 Å². The minimum absolute atomic E-state index is 0.364. The highest BCUT2D eigenvalue weighted by atomic mass is 16.5. The number of rotatable bonds is 12. The van der Waals surface area contributed by atoms with Crippen molar-refractivity contribution in [1.29, 1.82) is 0 Å². The van der Waals surface area contributed by atoms with Gasteiger partial charge in [-0.3, -0.25) is 4.90 Å². The van der Waals surface area contributed by atoms with E-state index >= 15 is 0 Å². The molecular weight excluding hydrogens is 340 g/mol. The van der Waals surface area contributed by atoms with Crippen molar-refractivity contribution >= 4 is 0 Å². The molecular formula is C22H34N2O3. The predicted octanol–water partition coefficient (Wildman–Crippen LogP) is 3.40. The summed E-state index contributed by atoms with van der Waals surface area (Å²) in [6.07, 6.45) is 2.75. The predicted molar refractivity (Wildman–Crippen MR) is 109 cm³/mol. The molecule has 150 valence electrons. The maximum atomic E-state index is 10.2. The summed E-state index contributed by atoms with van der Waals surface area (Å²) in [7, 11) is 3.32. The molecule has 0 aliphatic rings. The van der Waals surface area contributed by atoms with Gasteiger partial charge in [0, 0.05) is 38.6 Å². The van der Waals surface area contributed by atoms with E-state index in [9.17, 15) is 5.11 Å². The summed E-state index contributed by atoms with van der Waals surface area (Å²) in [5.74, 6) is 1.51. The number of aliphatic hydroxyl groups is 1. The molecule has 2 aromatic rings. The van der Waals surface area contributed by atoms with E-state index in [1.807, 2.05) is 12.1 Å². The summed E-state index contributed by atoms with van der Waals surface area (Å²) in [5.41, 5.74) is 2.45. The van der Waals surface area contributed by atoms with E-state index in [4.69, 9.17) is 9.47 Å². The van der Waals surface area contributed by atoms with Crippen LogP contribution in [0.1, 0.15) is 31.5 Å². The molecule has 0 spiro atoms. The van der Waals surface area contributed by atoms with Crippen molar-refractivity contribution in [3.63, 3.8) is 0 Å². The monoisotopic (exact) mass is 374 g/mol. The number of nitrogens with zero attached hydrogens (tertiary/aromatic N) is 2. The second kappa shape index (κ2) is 11.1. The molecule has 0 amide bonds. The minimum atomic E-state index is -0.469. The highest BCUT2D eigenvalue weighted by molar-refractivity contribution is 5.29. The third-order valence-electron chi connectivity index (χ3n) is 4.65. The zero-order valence-corrected chi connectivity index (χ0v) is 17.1. The lowest BCUT2D eigenvalue weighted by Gasteiger charge is -2.26.